The van der Waals surface area contributed by atoms with Crippen LogP contribution in [0.15, 0.2) is 41.5 Å². The van der Waals surface area contributed by atoms with E-state index in [1.807, 2.05) is 0 Å². The first kappa shape index (κ1) is 20.9. The second-order valence-corrected chi connectivity index (χ2v) is 7.19. The van der Waals surface area contributed by atoms with Crippen LogP contribution < -0.4 is 15.8 Å². The molecule has 1 aliphatic rings. The third-order valence-electron chi connectivity index (χ3n) is 4.99. The molecule has 0 saturated carbocycles. The topological polar surface area (TPSA) is 96.0 Å². The van der Waals surface area contributed by atoms with Crippen molar-refractivity contribution < 1.29 is 13.5 Å². The largest absolute Gasteiger partial charge is 0.378 e. The third-order valence-corrected chi connectivity index (χ3v) is 4.99. The molecule has 2 N–H and O–H groups in total. The highest BCUT2D eigenvalue weighted by Crippen LogP contribution is 2.27. The summed E-state index contributed by atoms with van der Waals surface area (Å²) < 4.78 is 33.9. The highest BCUT2D eigenvalue weighted by molar-refractivity contribution is 5.53. The third kappa shape index (κ3) is 4.85. The standard InChI is InChI=1S/C21H22F2N6O2/c1-13(16-5-4-15(22)12-25-16)26-19-18(23)20(29-7-9-31-10-8-29)28-17(27-19)11-14-3-2-6-24-21(14)30/h2-6,12-13H,7-11H2,1H3,(H,24,30)(H,26,27,28)/t13-/m0/s1. The number of nitrogens with one attached hydrogen (secondary N) is 2. The molecule has 0 aliphatic carbocycles. The van der Waals surface area contributed by atoms with E-state index in [1.165, 1.54) is 12.1 Å². The Morgan fingerprint density at radius 3 is 2.74 bits per heavy atom. The maximum Gasteiger partial charge on any atom is 0.251 e. The lowest BCUT2D eigenvalue weighted by Gasteiger charge is -2.29. The van der Waals surface area contributed by atoms with E-state index in [0.717, 1.165) is 6.20 Å². The Bertz CT molecular complexity index is 1100. The van der Waals surface area contributed by atoms with Gasteiger partial charge in [-0.1, -0.05) is 6.07 Å². The molecule has 31 heavy (non-hydrogen) atoms. The molecule has 8 nitrogen and oxygen atoms in total. The molecule has 0 aromatic carbocycles. The monoisotopic (exact) mass is 428 g/mol. The lowest BCUT2D eigenvalue weighted by atomic mass is 10.2. The first-order valence-corrected chi connectivity index (χ1v) is 9.95. The SMILES string of the molecule is C[C@H](Nc1nc(Cc2ccc[nH]c2=O)nc(N2CCOCC2)c1F)c1ccc(F)cn1. The highest BCUT2D eigenvalue weighted by Gasteiger charge is 2.23. The summed E-state index contributed by atoms with van der Waals surface area (Å²) in [6.45, 7) is 3.70. The number of rotatable bonds is 6. The average Bonchev–Trinajstić information content (AvgIpc) is 2.78. The van der Waals surface area contributed by atoms with E-state index >= 15 is 4.39 Å². The molecule has 0 bridgehead atoms. The highest BCUT2D eigenvalue weighted by atomic mass is 19.1. The predicted molar refractivity (Wildman–Crippen MR) is 111 cm³/mol. The molecular weight excluding hydrogens is 406 g/mol. The van der Waals surface area contributed by atoms with Crippen LogP contribution in [-0.4, -0.2) is 46.2 Å². The summed E-state index contributed by atoms with van der Waals surface area (Å²) in [5, 5.41) is 3.01. The molecule has 0 spiro atoms. The van der Waals surface area contributed by atoms with Crippen molar-refractivity contribution in [2.75, 3.05) is 36.5 Å². The maximum absolute atomic E-state index is 15.4. The lowest BCUT2D eigenvalue weighted by Crippen LogP contribution is -2.37. The number of halogens is 2. The van der Waals surface area contributed by atoms with Gasteiger partial charge in [0.25, 0.3) is 5.56 Å². The van der Waals surface area contributed by atoms with Crippen LogP contribution in [-0.2, 0) is 11.2 Å². The van der Waals surface area contributed by atoms with E-state index in [-0.39, 0.29) is 23.6 Å². The Hall–Kier alpha value is -3.40. The molecule has 0 radical (unpaired) electrons. The molecule has 162 valence electrons. The molecule has 3 aromatic rings. The van der Waals surface area contributed by atoms with Gasteiger partial charge in [0.15, 0.2) is 11.6 Å². The number of pyridine rings is 2. The molecule has 4 rings (SSSR count). The summed E-state index contributed by atoms with van der Waals surface area (Å²) in [5.74, 6) is -0.586. The van der Waals surface area contributed by atoms with Crippen molar-refractivity contribution in [1.29, 1.82) is 0 Å². The number of aromatic amines is 1. The molecule has 0 unspecified atom stereocenters. The number of hydrogen-bond donors (Lipinski definition) is 2. The molecule has 1 fully saturated rings. The van der Waals surface area contributed by atoms with Gasteiger partial charge >= 0.3 is 0 Å². The second kappa shape index (κ2) is 9.17. The zero-order valence-corrected chi connectivity index (χ0v) is 16.9. The Morgan fingerprint density at radius 2 is 2.03 bits per heavy atom. The number of H-pyrrole nitrogens is 1. The van der Waals surface area contributed by atoms with Gasteiger partial charge in [0.1, 0.15) is 11.6 Å². The summed E-state index contributed by atoms with van der Waals surface area (Å²) in [6.07, 6.45) is 2.79. The van der Waals surface area contributed by atoms with Crippen LogP contribution in [0.25, 0.3) is 0 Å². The second-order valence-electron chi connectivity index (χ2n) is 7.19. The van der Waals surface area contributed by atoms with Crippen LogP contribution in [0.1, 0.15) is 30.0 Å². The number of hydrogen-bond acceptors (Lipinski definition) is 7. The fraction of sp³-hybridized carbons (Fsp3) is 0.333. The smallest absolute Gasteiger partial charge is 0.251 e. The molecule has 1 saturated heterocycles. The van der Waals surface area contributed by atoms with E-state index in [2.05, 4.69) is 25.3 Å². The Labute approximate surface area is 177 Å². The van der Waals surface area contributed by atoms with Crippen molar-refractivity contribution in [2.45, 2.75) is 19.4 Å². The Balaban J connectivity index is 1.69. The van der Waals surface area contributed by atoms with Gasteiger partial charge in [0, 0.05) is 31.3 Å². The van der Waals surface area contributed by atoms with Crippen molar-refractivity contribution in [3.05, 3.63) is 75.7 Å². The zero-order valence-electron chi connectivity index (χ0n) is 16.9. The maximum atomic E-state index is 15.4. The molecule has 10 heteroatoms. The van der Waals surface area contributed by atoms with Crippen LogP contribution in [0.3, 0.4) is 0 Å². The minimum Gasteiger partial charge on any atom is -0.378 e. The van der Waals surface area contributed by atoms with Crippen LogP contribution in [0.4, 0.5) is 20.4 Å². The van der Waals surface area contributed by atoms with Crippen molar-refractivity contribution in [2.24, 2.45) is 0 Å². The molecule has 3 aromatic heterocycles. The predicted octanol–water partition coefficient (Wildman–Crippen LogP) is 2.44. The first-order valence-electron chi connectivity index (χ1n) is 9.95. The van der Waals surface area contributed by atoms with Crippen molar-refractivity contribution in [1.82, 2.24) is 19.9 Å². The normalized spacial score (nSPS) is 15.0. The van der Waals surface area contributed by atoms with Crippen molar-refractivity contribution in [3.8, 4) is 0 Å². The Morgan fingerprint density at radius 1 is 1.23 bits per heavy atom. The van der Waals surface area contributed by atoms with Crippen LogP contribution in [0.5, 0.6) is 0 Å². The minimum absolute atomic E-state index is 0.00234. The van der Waals surface area contributed by atoms with Gasteiger partial charge in [-0.05, 0) is 25.1 Å². The summed E-state index contributed by atoms with van der Waals surface area (Å²) in [5.41, 5.74) is 0.761. The summed E-state index contributed by atoms with van der Waals surface area (Å²) in [7, 11) is 0. The number of nitrogens with zero attached hydrogens (tertiary/aromatic N) is 4. The van der Waals surface area contributed by atoms with Crippen LogP contribution in [0, 0.1) is 11.6 Å². The zero-order chi connectivity index (χ0) is 21.8. The Kier molecular flexibility index (Phi) is 6.17. The lowest BCUT2D eigenvalue weighted by molar-refractivity contribution is 0.122. The van der Waals surface area contributed by atoms with Gasteiger partial charge in [-0.3, -0.25) is 9.78 Å². The van der Waals surface area contributed by atoms with Crippen LogP contribution >= 0.6 is 0 Å². The van der Waals surface area contributed by atoms with E-state index in [0.29, 0.717) is 43.4 Å². The fourth-order valence-electron chi connectivity index (χ4n) is 3.33. The number of anilines is 2. The van der Waals surface area contributed by atoms with Gasteiger partial charge in [-0.15, -0.1) is 0 Å². The fourth-order valence-corrected chi connectivity index (χ4v) is 3.33. The van der Waals surface area contributed by atoms with E-state index < -0.39 is 17.7 Å². The summed E-state index contributed by atoms with van der Waals surface area (Å²) in [6, 6.07) is 5.78. The van der Waals surface area contributed by atoms with Crippen molar-refractivity contribution >= 4 is 11.6 Å². The van der Waals surface area contributed by atoms with Crippen molar-refractivity contribution in [3.63, 3.8) is 0 Å². The molecular formula is C21H22F2N6O2. The summed E-state index contributed by atoms with van der Waals surface area (Å²) >= 11 is 0. The number of morpholine rings is 1. The quantitative estimate of drug-likeness (QED) is 0.623. The first-order chi connectivity index (χ1) is 15.0. The summed E-state index contributed by atoms with van der Waals surface area (Å²) in [4.78, 5) is 29.3. The molecule has 4 heterocycles. The van der Waals surface area contributed by atoms with Gasteiger partial charge < -0.3 is 19.9 Å². The number of aromatic nitrogens is 4. The van der Waals surface area contributed by atoms with Gasteiger partial charge in [-0.25, -0.2) is 14.4 Å². The van der Waals surface area contributed by atoms with Gasteiger partial charge in [-0.2, -0.15) is 4.39 Å². The molecule has 0 amide bonds. The molecule has 1 aliphatic heterocycles. The van der Waals surface area contributed by atoms with Gasteiger partial charge in [0.2, 0.25) is 5.82 Å². The van der Waals surface area contributed by atoms with E-state index in [1.54, 1.807) is 30.2 Å². The minimum atomic E-state index is -0.596. The van der Waals surface area contributed by atoms with Gasteiger partial charge in [0.05, 0.1) is 31.1 Å². The molecule has 1 atom stereocenters. The average molecular weight is 428 g/mol. The van der Waals surface area contributed by atoms with E-state index in [4.69, 9.17) is 4.74 Å². The number of ether oxygens (including phenoxy) is 1. The van der Waals surface area contributed by atoms with E-state index in [9.17, 15) is 9.18 Å². The van der Waals surface area contributed by atoms with Crippen LogP contribution in [0.2, 0.25) is 0 Å².